The van der Waals surface area contributed by atoms with E-state index in [4.69, 9.17) is 15.9 Å². The Morgan fingerprint density at radius 1 is 1.53 bits per heavy atom. The zero-order valence-corrected chi connectivity index (χ0v) is 11.2. The predicted octanol–water partition coefficient (Wildman–Crippen LogP) is 2.35. The molecule has 5 heteroatoms. The molecule has 1 rings (SSSR count). The smallest absolute Gasteiger partial charge is 0.221 e. The van der Waals surface area contributed by atoms with Crippen LogP contribution in [-0.4, -0.2) is 18.7 Å². The molecule has 1 aromatic rings. The molecule has 102 valence electrons. The average molecular weight is 261 g/mol. The maximum Gasteiger partial charge on any atom is 0.221 e. The van der Waals surface area contributed by atoms with Crippen LogP contribution in [0.25, 0.3) is 5.57 Å². The monoisotopic (exact) mass is 261 g/mol. The van der Waals surface area contributed by atoms with Crippen molar-refractivity contribution in [2.45, 2.75) is 20.3 Å². The van der Waals surface area contributed by atoms with Gasteiger partial charge in [0.1, 0.15) is 0 Å². The molecule has 0 saturated heterocycles. The Bertz CT molecular complexity index is 495. The summed E-state index contributed by atoms with van der Waals surface area (Å²) in [7, 11) is 0. The van der Waals surface area contributed by atoms with Gasteiger partial charge < -0.3 is 21.2 Å². The molecule has 0 heterocycles. The molecule has 0 saturated carbocycles. The Labute approximate surface area is 113 Å². The van der Waals surface area contributed by atoms with Gasteiger partial charge in [0.05, 0.1) is 12.2 Å². The molecule has 0 fully saturated rings. The average Bonchev–Trinajstić information content (AvgIpc) is 2.37. The van der Waals surface area contributed by atoms with Gasteiger partial charge in [0, 0.05) is 18.8 Å². The number of hydrogen-bond donors (Lipinski definition) is 3. The fraction of sp³-hybridized carbons (Fsp3) is 0.286. The standard InChI is InChI=1S/C14H19N3O2/c1-3-7-19-14(16)13(9-15)11-5-4-6-12(8-11)17-10(2)18/h4-6,8-9,15H,3,7,16H2,1-2H3,(H,17,18)/b14-13-,15-9?. The van der Waals surface area contributed by atoms with Gasteiger partial charge in [-0.3, -0.25) is 4.79 Å². The van der Waals surface area contributed by atoms with Crippen LogP contribution in [0.3, 0.4) is 0 Å². The maximum absolute atomic E-state index is 11.0. The lowest BCUT2D eigenvalue weighted by atomic mass is 10.1. The molecule has 0 atom stereocenters. The molecule has 19 heavy (non-hydrogen) atoms. The molecule has 4 N–H and O–H groups in total. The number of carbonyl (C=O) groups excluding carboxylic acids is 1. The zero-order chi connectivity index (χ0) is 14.3. The van der Waals surface area contributed by atoms with Gasteiger partial charge in [-0.2, -0.15) is 0 Å². The third-order valence-electron chi connectivity index (χ3n) is 2.37. The molecule has 0 spiro atoms. The van der Waals surface area contributed by atoms with Gasteiger partial charge in [-0.05, 0) is 24.1 Å². The summed E-state index contributed by atoms with van der Waals surface area (Å²) >= 11 is 0. The molecule has 0 aliphatic heterocycles. The van der Waals surface area contributed by atoms with Gasteiger partial charge in [-0.1, -0.05) is 19.1 Å². The Morgan fingerprint density at radius 2 is 2.26 bits per heavy atom. The van der Waals surface area contributed by atoms with E-state index in [1.54, 1.807) is 18.2 Å². The SMILES string of the molecule is CCCO/C(N)=C(/C=N)c1cccc(NC(C)=O)c1. The van der Waals surface area contributed by atoms with E-state index in [1.807, 2.05) is 13.0 Å². The lowest BCUT2D eigenvalue weighted by Crippen LogP contribution is -2.09. The van der Waals surface area contributed by atoms with E-state index in [0.29, 0.717) is 17.9 Å². The van der Waals surface area contributed by atoms with E-state index in [0.717, 1.165) is 18.2 Å². The number of rotatable bonds is 6. The van der Waals surface area contributed by atoms with Crippen LogP contribution >= 0.6 is 0 Å². The molecule has 0 unspecified atom stereocenters. The van der Waals surface area contributed by atoms with Crippen molar-refractivity contribution < 1.29 is 9.53 Å². The minimum absolute atomic E-state index is 0.146. The van der Waals surface area contributed by atoms with E-state index < -0.39 is 0 Å². The van der Waals surface area contributed by atoms with Crippen molar-refractivity contribution in [1.29, 1.82) is 5.41 Å². The van der Waals surface area contributed by atoms with Gasteiger partial charge in [-0.25, -0.2) is 0 Å². The van der Waals surface area contributed by atoms with Gasteiger partial charge in [0.2, 0.25) is 5.91 Å². The molecule has 1 aromatic carbocycles. The van der Waals surface area contributed by atoms with Crippen molar-refractivity contribution in [2.75, 3.05) is 11.9 Å². The summed E-state index contributed by atoms with van der Waals surface area (Å²) in [5.74, 6) is 0.0737. The highest BCUT2D eigenvalue weighted by Crippen LogP contribution is 2.19. The first kappa shape index (κ1) is 14.8. The Balaban J connectivity index is 3.04. The van der Waals surface area contributed by atoms with Gasteiger partial charge in [0.25, 0.3) is 0 Å². The van der Waals surface area contributed by atoms with E-state index in [-0.39, 0.29) is 11.8 Å². The summed E-state index contributed by atoms with van der Waals surface area (Å²) in [6, 6.07) is 7.13. The number of benzene rings is 1. The van der Waals surface area contributed by atoms with Crippen molar-refractivity contribution in [3.8, 4) is 0 Å². The van der Waals surface area contributed by atoms with Crippen molar-refractivity contribution in [3.05, 3.63) is 35.7 Å². The largest absolute Gasteiger partial charge is 0.479 e. The molecule has 0 bridgehead atoms. The number of hydrogen-bond acceptors (Lipinski definition) is 4. The van der Waals surface area contributed by atoms with Crippen LogP contribution in [0.1, 0.15) is 25.8 Å². The quantitative estimate of drug-likeness (QED) is 0.542. The summed E-state index contributed by atoms with van der Waals surface area (Å²) in [6.07, 6.45) is 2.00. The first-order valence-corrected chi connectivity index (χ1v) is 6.09. The summed E-state index contributed by atoms with van der Waals surface area (Å²) in [5.41, 5.74) is 7.71. The number of amides is 1. The number of nitrogens with one attached hydrogen (secondary N) is 2. The van der Waals surface area contributed by atoms with Gasteiger partial charge in [-0.15, -0.1) is 0 Å². The Morgan fingerprint density at radius 3 is 2.84 bits per heavy atom. The predicted molar refractivity (Wildman–Crippen MR) is 76.9 cm³/mol. The van der Waals surface area contributed by atoms with Crippen molar-refractivity contribution in [2.24, 2.45) is 5.73 Å². The lowest BCUT2D eigenvalue weighted by molar-refractivity contribution is -0.114. The highest BCUT2D eigenvalue weighted by Gasteiger charge is 2.07. The lowest BCUT2D eigenvalue weighted by Gasteiger charge is -2.10. The van der Waals surface area contributed by atoms with Crippen LogP contribution in [0.4, 0.5) is 5.69 Å². The minimum atomic E-state index is -0.146. The Kier molecular flexibility index (Phi) is 5.60. The minimum Gasteiger partial charge on any atom is -0.479 e. The topological polar surface area (TPSA) is 88.2 Å². The normalized spacial score (nSPS) is 11.5. The van der Waals surface area contributed by atoms with Crippen molar-refractivity contribution in [3.63, 3.8) is 0 Å². The molecule has 0 aliphatic carbocycles. The second-order valence-electron chi connectivity index (χ2n) is 4.03. The first-order chi connectivity index (χ1) is 9.08. The molecule has 0 aromatic heterocycles. The summed E-state index contributed by atoms with van der Waals surface area (Å²) in [6.45, 7) is 3.93. The molecule has 0 radical (unpaired) electrons. The van der Waals surface area contributed by atoms with Crippen molar-refractivity contribution in [1.82, 2.24) is 0 Å². The second kappa shape index (κ2) is 7.20. The molecule has 5 nitrogen and oxygen atoms in total. The first-order valence-electron chi connectivity index (χ1n) is 6.09. The molecule has 0 aliphatic rings. The van der Waals surface area contributed by atoms with Crippen LogP contribution in [0, 0.1) is 5.41 Å². The number of carbonyl (C=O) groups is 1. The highest BCUT2D eigenvalue weighted by molar-refractivity contribution is 6.09. The highest BCUT2D eigenvalue weighted by atomic mass is 16.5. The summed E-state index contributed by atoms with van der Waals surface area (Å²) in [5, 5.41) is 10.1. The third kappa shape index (κ3) is 4.46. The fourth-order valence-electron chi connectivity index (χ4n) is 1.55. The molecule has 1 amide bonds. The molecular formula is C14H19N3O2. The zero-order valence-electron chi connectivity index (χ0n) is 11.2. The van der Waals surface area contributed by atoms with E-state index in [1.165, 1.54) is 6.92 Å². The van der Waals surface area contributed by atoms with Gasteiger partial charge in [0.15, 0.2) is 5.88 Å². The van der Waals surface area contributed by atoms with Gasteiger partial charge >= 0.3 is 0 Å². The van der Waals surface area contributed by atoms with Crippen LogP contribution in [0.15, 0.2) is 30.1 Å². The summed E-state index contributed by atoms with van der Waals surface area (Å²) < 4.78 is 5.34. The third-order valence-corrected chi connectivity index (χ3v) is 2.37. The van der Waals surface area contributed by atoms with E-state index in [9.17, 15) is 4.79 Å². The van der Waals surface area contributed by atoms with Crippen LogP contribution in [0.2, 0.25) is 0 Å². The Hall–Kier alpha value is -2.30. The number of nitrogens with two attached hydrogens (primary N) is 1. The van der Waals surface area contributed by atoms with Crippen LogP contribution in [-0.2, 0) is 9.53 Å². The van der Waals surface area contributed by atoms with E-state index >= 15 is 0 Å². The second-order valence-corrected chi connectivity index (χ2v) is 4.03. The number of anilines is 1. The van der Waals surface area contributed by atoms with Crippen molar-refractivity contribution >= 4 is 23.4 Å². The van der Waals surface area contributed by atoms with Crippen LogP contribution < -0.4 is 11.1 Å². The fourth-order valence-corrected chi connectivity index (χ4v) is 1.55. The number of allylic oxidation sites excluding steroid dienone is 1. The summed E-state index contributed by atoms with van der Waals surface area (Å²) in [4.78, 5) is 11.0. The molecular weight excluding hydrogens is 242 g/mol. The van der Waals surface area contributed by atoms with Crippen LogP contribution in [0.5, 0.6) is 0 Å². The maximum atomic E-state index is 11.0. The van der Waals surface area contributed by atoms with E-state index in [2.05, 4.69) is 5.32 Å². The number of ether oxygens (including phenoxy) is 1.